The summed E-state index contributed by atoms with van der Waals surface area (Å²) >= 11 is 0. The lowest BCUT2D eigenvalue weighted by atomic mass is 9.98. The highest BCUT2D eigenvalue weighted by molar-refractivity contribution is 7.89. The van der Waals surface area contributed by atoms with Crippen LogP contribution in [-0.4, -0.2) is 55.8 Å². The number of carbonyl (C=O) groups excluding carboxylic acids is 1. The molecule has 1 aromatic rings. The maximum Gasteiger partial charge on any atom is 0.253 e. The monoisotopic (exact) mass is 401 g/mol. The third kappa shape index (κ3) is 3.76. The number of sulfonamides is 1. The van der Waals surface area contributed by atoms with Crippen LogP contribution in [0.15, 0.2) is 29.2 Å². The third-order valence-corrected chi connectivity index (χ3v) is 7.51. The maximum atomic E-state index is 12.9. The first kappa shape index (κ1) is 21.2. The van der Waals surface area contributed by atoms with Crippen LogP contribution in [0.4, 0.5) is 0 Å². The summed E-state index contributed by atoms with van der Waals surface area (Å²) in [5.74, 6) is 0.585. The molecule has 2 aliphatic rings. The van der Waals surface area contributed by atoms with Gasteiger partial charge >= 0.3 is 0 Å². The number of nitrogens with zero attached hydrogens (tertiary/aromatic N) is 2. The van der Waals surface area contributed by atoms with Gasteiger partial charge in [0.15, 0.2) is 0 Å². The van der Waals surface area contributed by atoms with Crippen molar-refractivity contribution in [1.82, 2.24) is 9.21 Å². The van der Waals surface area contributed by atoms with Gasteiger partial charge in [0.25, 0.3) is 5.91 Å². The Bertz CT molecular complexity index is 735. The van der Waals surface area contributed by atoms with Crippen LogP contribution in [0.1, 0.15) is 37.0 Å². The predicted molar refractivity (Wildman–Crippen MR) is 104 cm³/mol. The van der Waals surface area contributed by atoms with Gasteiger partial charge in [-0.25, -0.2) is 8.42 Å². The van der Waals surface area contributed by atoms with Gasteiger partial charge < -0.3 is 10.6 Å². The fraction of sp³-hybridized carbons (Fsp3) is 0.611. The quantitative estimate of drug-likeness (QED) is 0.817. The Kier molecular flexibility index (Phi) is 6.71. The first-order chi connectivity index (χ1) is 11.9. The highest BCUT2D eigenvalue weighted by atomic mass is 35.5. The number of nitrogens with two attached hydrogens (primary N) is 1. The van der Waals surface area contributed by atoms with E-state index in [-0.39, 0.29) is 35.2 Å². The molecule has 1 amide bonds. The van der Waals surface area contributed by atoms with Crippen molar-refractivity contribution in [1.29, 1.82) is 0 Å². The first-order valence-corrected chi connectivity index (χ1v) is 10.5. The minimum absolute atomic E-state index is 0. The van der Waals surface area contributed by atoms with Gasteiger partial charge in [0.2, 0.25) is 10.0 Å². The molecule has 1 aliphatic carbocycles. The molecular weight excluding hydrogens is 374 g/mol. The van der Waals surface area contributed by atoms with E-state index in [0.717, 1.165) is 12.8 Å². The Morgan fingerprint density at radius 2 is 1.77 bits per heavy atom. The number of hydrogen-bond acceptors (Lipinski definition) is 4. The second-order valence-corrected chi connectivity index (χ2v) is 8.93. The van der Waals surface area contributed by atoms with Crippen LogP contribution >= 0.6 is 12.4 Å². The Hall–Kier alpha value is -1.15. The average Bonchev–Trinajstić information content (AvgIpc) is 3.19. The summed E-state index contributed by atoms with van der Waals surface area (Å²) in [7, 11) is -3.53. The Balaban J connectivity index is 0.00000243. The highest BCUT2D eigenvalue weighted by Crippen LogP contribution is 2.39. The van der Waals surface area contributed by atoms with Crippen LogP contribution in [0.2, 0.25) is 0 Å². The third-order valence-electron chi connectivity index (χ3n) is 5.67. The summed E-state index contributed by atoms with van der Waals surface area (Å²) in [5, 5.41) is 0. The number of halogens is 1. The average molecular weight is 402 g/mol. The maximum absolute atomic E-state index is 12.9. The number of hydrogen-bond donors (Lipinski definition) is 1. The van der Waals surface area contributed by atoms with Gasteiger partial charge in [-0.2, -0.15) is 4.31 Å². The van der Waals surface area contributed by atoms with E-state index in [2.05, 4.69) is 0 Å². The molecule has 0 bridgehead atoms. The standard InChI is InChI=1S/C18H27N3O3S.ClH/c1-3-20(4-2)18(22)13-5-8-15(9-6-13)25(23,24)21-11-14-7-10-17(19)16(14)12-21;/h5-6,8-9,14,16-17H,3-4,7,10-12,19H2,1-2H3;1H. The van der Waals surface area contributed by atoms with E-state index in [1.807, 2.05) is 13.8 Å². The number of carbonyl (C=O) groups is 1. The molecule has 3 unspecified atom stereocenters. The van der Waals surface area contributed by atoms with Gasteiger partial charge in [0.05, 0.1) is 4.90 Å². The van der Waals surface area contributed by atoms with Crippen LogP contribution in [0.25, 0.3) is 0 Å². The molecule has 0 radical (unpaired) electrons. The molecule has 1 aliphatic heterocycles. The van der Waals surface area contributed by atoms with Gasteiger partial charge in [-0.15, -0.1) is 12.4 Å². The number of fused-ring (bicyclic) bond motifs is 1. The summed E-state index contributed by atoms with van der Waals surface area (Å²) in [6.07, 6.45) is 2.00. The van der Waals surface area contributed by atoms with E-state index in [9.17, 15) is 13.2 Å². The van der Waals surface area contributed by atoms with Crippen molar-refractivity contribution in [3.63, 3.8) is 0 Å². The largest absolute Gasteiger partial charge is 0.339 e. The molecule has 0 spiro atoms. The fourth-order valence-electron chi connectivity index (χ4n) is 4.07. The van der Waals surface area contributed by atoms with E-state index >= 15 is 0 Å². The van der Waals surface area contributed by atoms with Crippen LogP contribution in [0.3, 0.4) is 0 Å². The molecule has 26 heavy (non-hydrogen) atoms. The topological polar surface area (TPSA) is 83.7 Å². The van der Waals surface area contributed by atoms with E-state index in [1.165, 1.54) is 0 Å². The Morgan fingerprint density at radius 3 is 2.31 bits per heavy atom. The summed E-state index contributed by atoms with van der Waals surface area (Å²) in [4.78, 5) is 14.3. The van der Waals surface area contributed by atoms with E-state index < -0.39 is 10.0 Å². The van der Waals surface area contributed by atoms with Crippen molar-refractivity contribution in [2.45, 2.75) is 37.6 Å². The van der Waals surface area contributed by atoms with E-state index in [1.54, 1.807) is 33.5 Å². The Morgan fingerprint density at radius 1 is 1.15 bits per heavy atom. The molecule has 2 N–H and O–H groups in total. The van der Waals surface area contributed by atoms with Gasteiger partial charge in [0.1, 0.15) is 0 Å². The second-order valence-electron chi connectivity index (χ2n) is 6.99. The molecule has 3 rings (SSSR count). The molecular formula is C18H28ClN3O3S. The zero-order valence-electron chi connectivity index (χ0n) is 15.3. The fourth-order valence-corrected chi connectivity index (χ4v) is 5.61. The van der Waals surface area contributed by atoms with Gasteiger partial charge in [0, 0.05) is 37.8 Å². The SMILES string of the molecule is CCN(CC)C(=O)c1ccc(S(=O)(=O)N2CC3CCC(N)C3C2)cc1.Cl. The molecule has 2 fully saturated rings. The van der Waals surface area contributed by atoms with Gasteiger partial charge in [-0.1, -0.05) is 0 Å². The minimum atomic E-state index is -3.53. The molecule has 8 heteroatoms. The van der Waals surface area contributed by atoms with Crippen LogP contribution in [0, 0.1) is 11.8 Å². The summed E-state index contributed by atoms with van der Waals surface area (Å²) in [5.41, 5.74) is 6.62. The van der Waals surface area contributed by atoms with E-state index in [0.29, 0.717) is 37.7 Å². The lowest BCUT2D eigenvalue weighted by molar-refractivity contribution is 0.0773. The summed E-state index contributed by atoms with van der Waals surface area (Å²) < 4.78 is 27.3. The van der Waals surface area contributed by atoms with Crippen molar-refractivity contribution in [3.8, 4) is 0 Å². The first-order valence-electron chi connectivity index (χ1n) is 9.03. The normalized spacial score (nSPS) is 25.6. The molecule has 3 atom stereocenters. The van der Waals surface area contributed by atoms with E-state index in [4.69, 9.17) is 5.73 Å². The molecule has 1 aromatic carbocycles. The van der Waals surface area contributed by atoms with Crippen molar-refractivity contribution >= 4 is 28.3 Å². The lowest BCUT2D eigenvalue weighted by Gasteiger charge is -2.20. The van der Waals surface area contributed by atoms with Crippen molar-refractivity contribution in [3.05, 3.63) is 29.8 Å². The number of amides is 1. The molecule has 6 nitrogen and oxygen atoms in total. The molecule has 1 saturated carbocycles. The Labute approximate surface area is 162 Å². The molecule has 0 aromatic heterocycles. The summed E-state index contributed by atoms with van der Waals surface area (Å²) in [6, 6.07) is 6.41. The summed E-state index contributed by atoms with van der Waals surface area (Å²) in [6.45, 7) is 6.18. The van der Waals surface area contributed by atoms with Crippen molar-refractivity contribution in [2.75, 3.05) is 26.2 Å². The highest BCUT2D eigenvalue weighted by Gasteiger charge is 2.45. The zero-order chi connectivity index (χ0) is 18.2. The number of rotatable bonds is 5. The minimum Gasteiger partial charge on any atom is -0.339 e. The smallest absolute Gasteiger partial charge is 0.253 e. The van der Waals surface area contributed by atoms with Crippen LogP contribution in [-0.2, 0) is 10.0 Å². The lowest BCUT2D eigenvalue weighted by Crippen LogP contribution is -2.33. The van der Waals surface area contributed by atoms with Crippen LogP contribution in [0.5, 0.6) is 0 Å². The van der Waals surface area contributed by atoms with Gasteiger partial charge in [-0.3, -0.25) is 4.79 Å². The second kappa shape index (κ2) is 8.25. The number of benzene rings is 1. The molecule has 146 valence electrons. The molecule has 1 saturated heterocycles. The van der Waals surface area contributed by atoms with Crippen LogP contribution < -0.4 is 5.73 Å². The van der Waals surface area contributed by atoms with Gasteiger partial charge in [-0.05, 0) is 62.8 Å². The zero-order valence-corrected chi connectivity index (χ0v) is 16.9. The van der Waals surface area contributed by atoms with Crippen molar-refractivity contribution < 1.29 is 13.2 Å². The predicted octanol–water partition coefficient (Wildman–Crippen LogP) is 1.95. The molecule has 1 heterocycles. The van der Waals surface area contributed by atoms with Crippen molar-refractivity contribution in [2.24, 2.45) is 17.6 Å².